The lowest BCUT2D eigenvalue weighted by Gasteiger charge is -2.12. The normalized spacial score (nSPS) is 18.1. The van der Waals surface area contributed by atoms with Gasteiger partial charge in [0, 0.05) is 28.3 Å². The van der Waals surface area contributed by atoms with Crippen molar-refractivity contribution >= 4 is 33.2 Å². The van der Waals surface area contributed by atoms with E-state index in [1.807, 2.05) is 30.3 Å². The quantitative estimate of drug-likeness (QED) is 0.731. The number of hydrogen-bond acceptors (Lipinski definition) is 3. The van der Waals surface area contributed by atoms with Crippen molar-refractivity contribution in [1.29, 1.82) is 0 Å². The Morgan fingerprint density at radius 1 is 1.23 bits per heavy atom. The third-order valence-corrected chi connectivity index (χ3v) is 6.56. The smallest absolute Gasteiger partial charge is 0.172 e. The number of allylic oxidation sites excluding steroid dienone is 5. The Morgan fingerprint density at radius 3 is 2.64 bits per heavy atom. The number of sulfone groups is 1. The lowest BCUT2D eigenvalue weighted by molar-refractivity contribution is 0.606. The molecule has 0 saturated carbocycles. The summed E-state index contributed by atoms with van der Waals surface area (Å²) in [5, 5.41) is 0.730. The fourth-order valence-corrected chi connectivity index (χ4v) is 4.96. The van der Waals surface area contributed by atoms with Crippen LogP contribution >= 0.6 is 23.4 Å². The van der Waals surface area contributed by atoms with Gasteiger partial charge in [-0.15, -0.1) is 11.8 Å². The number of benzene rings is 1. The molecule has 2 aliphatic rings. The third-order valence-electron chi connectivity index (χ3n) is 3.95. The summed E-state index contributed by atoms with van der Waals surface area (Å²) < 4.78 is 24.0. The van der Waals surface area contributed by atoms with Gasteiger partial charge in [-0.05, 0) is 48.3 Å². The molecule has 0 spiro atoms. The monoisotopic (exact) mass is 352 g/mol. The molecular formula is C17H17ClO2S2. The van der Waals surface area contributed by atoms with E-state index in [4.69, 9.17) is 11.6 Å². The van der Waals surface area contributed by atoms with Crippen LogP contribution in [0.3, 0.4) is 0 Å². The molecule has 0 aliphatic heterocycles. The highest BCUT2D eigenvalue weighted by Gasteiger charge is 2.29. The highest BCUT2D eigenvalue weighted by molar-refractivity contribution is 7.99. The predicted octanol–water partition coefficient (Wildman–Crippen LogP) is 4.78. The molecule has 0 radical (unpaired) electrons. The highest BCUT2D eigenvalue weighted by Crippen LogP contribution is 2.42. The second-order valence-electron chi connectivity index (χ2n) is 5.55. The molecule has 1 aromatic carbocycles. The summed E-state index contributed by atoms with van der Waals surface area (Å²) in [7, 11) is -3.13. The van der Waals surface area contributed by atoms with Crippen LogP contribution in [0.2, 0.25) is 5.02 Å². The van der Waals surface area contributed by atoms with E-state index >= 15 is 0 Å². The van der Waals surface area contributed by atoms with Crippen molar-refractivity contribution in [2.45, 2.75) is 24.2 Å². The molecule has 0 aromatic heterocycles. The Morgan fingerprint density at radius 2 is 1.95 bits per heavy atom. The van der Waals surface area contributed by atoms with E-state index in [9.17, 15) is 8.42 Å². The van der Waals surface area contributed by atoms with Gasteiger partial charge in [-0.1, -0.05) is 29.3 Å². The first-order chi connectivity index (χ1) is 10.4. The number of rotatable bonds is 4. The van der Waals surface area contributed by atoms with Crippen molar-refractivity contribution in [2.24, 2.45) is 0 Å². The lowest BCUT2D eigenvalue weighted by Crippen LogP contribution is -2.02. The zero-order chi connectivity index (χ0) is 15.7. The fourth-order valence-electron chi connectivity index (χ4n) is 2.86. The zero-order valence-corrected chi connectivity index (χ0v) is 14.7. The first kappa shape index (κ1) is 15.9. The summed E-state index contributed by atoms with van der Waals surface area (Å²) in [5.41, 5.74) is 3.43. The molecular weight excluding hydrogens is 336 g/mol. The molecule has 0 amide bonds. The molecule has 2 nitrogen and oxygen atoms in total. The van der Waals surface area contributed by atoms with Gasteiger partial charge in [0.05, 0.1) is 4.91 Å². The van der Waals surface area contributed by atoms with Gasteiger partial charge in [0.15, 0.2) is 9.84 Å². The van der Waals surface area contributed by atoms with Crippen molar-refractivity contribution in [3.05, 3.63) is 63.1 Å². The van der Waals surface area contributed by atoms with Gasteiger partial charge in [-0.2, -0.15) is 0 Å². The number of halogens is 1. The first-order valence-electron chi connectivity index (χ1n) is 7.14. The van der Waals surface area contributed by atoms with Crippen LogP contribution in [-0.4, -0.2) is 20.4 Å². The van der Waals surface area contributed by atoms with Gasteiger partial charge in [0.25, 0.3) is 0 Å². The Kier molecular flexibility index (Phi) is 4.53. The molecule has 0 N–H and O–H groups in total. The zero-order valence-electron chi connectivity index (χ0n) is 12.3. The van der Waals surface area contributed by atoms with Gasteiger partial charge < -0.3 is 0 Å². The maximum Gasteiger partial charge on any atom is 0.172 e. The number of hydrogen-bond donors (Lipinski definition) is 0. The standard InChI is InChI=1S/C17H17ClO2S2/c1-22(19,20)17-10-12(15-4-2-3-5-16(15)17)11-21-14-8-6-13(18)7-9-14/h3,5-9H,2,4,10-11H2,1H3. The van der Waals surface area contributed by atoms with E-state index in [0.29, 0.717) is 11.3 Å². The minimum atomic E-state index is -3.13. The van der Waals surface area contributed by atoms with Crippen LogP contribution in [0.15, 0.2) is 62.9 Å². The van der Waals surface area contributed by atoms with E-state index in [2.05, 4.69) is 6.08 Å². The molecule has 0 heterocycles. The second kappa shape index (κ2) is 6.26. The van der Waals surface area contributed by atoms with Crippen LogP contribution in [0.1, 0.15) is 19.3 Å². The van der Waals surface area contributed by atoms with Gasteiger partial charge in [0.2, 0.25) is 0 Å². The summed E-state index contributed by atoms with van der Waals surface area (Å²) in [6.45, 7) is 0. The van der Waals surface area contributed by atoms with Gasteiger partial charge in [0.1, 0.15) is 0 Å². The third kappa shape index (κ3) is 3.34. The van der Waals surface area contributed by atoms with E-state index in [0.717, 1.165) is 34.1 Å². The van der Waals surface area contributed by atoms with Crippen molar-refractivity contribution in [3.63, 3.8) is 0 Å². The highest BCUT2D eigenvalue weighted by atomic mass is 35.5. The van der Waals surface area contributed by atoms with E-state index in [1.54, 1.807) is 11.8 Å². The van der Waals surface area contributed by atoms with Crippen LogP contribution in [0.4, 0.5) is 0 Å². The Bertz CT molecular complexity index is 784. The molecule has 5 heteroatoms. The van der Waals surface area contributed by atoms with Crippen LogP contribution in [0.25, 0.3) is 0 Å². The van der Waals surface area contributed by atoms with Crippen molar-refractivity contribution < 1.29 is 8.42 Å². The molecule has 22 heavy (non-hydrogen) atoms. The number of thioether (sulfide) groups is 1. The Labute approximate surface area is 140 Å². The largest absolute Gasteiger partial charge is 0.224 e. The maximum atomic E-state index is 12.0. The van der Waals surface area contributed by atoms with Gasteiger partial charge in [-0.25, -0.2) is 8.42 Å². The van der Waals surface area contributed by atoms with E-state index in [-0.39, 0.29) is 0 Å². The van der Waals surface area contributed by atoms with Crippen LogP contribution in [0.5, 0.6) is 0 Å². The molecule has 0 fully saturated rings. The van der Waals surface area contributed by atoms with Crippen LogP contribution in [0, 0.1) is 0 Å². The van der Waals surface area contributed by atoms with Crippen LogP contribution in [-0.2, 0) is 9.84 Å². The summed E-state index contributed by atoms with van der Waals surface area (Å²) in [5.74, 6) is 0.827. The SMILES string of the molecule is CS(=O)(=O)C1=C2C=CCCC2=C(CSc2ccc(Cl)cc2)C1. The maximum absolute atomic E-state index is 12.0. The molecule has 2 aliphatic carbocycles. The fraction of sp³-hybridized carbons (Fsp3) is 0.294. The summed E-state index contributed by atoms with van der Waals surface area (Å²) >= 11 is 7.63. The van der Waals surface area contributed by atoms with E-state index in [1.165, 1.54) is 17.4 Å². The van der Waals surface area contributed by atoms with E-state index < -0.39 is 9.84 Å². The molecule has 116 valence electrons. The Balaban J connectivity index is 1.81. The predicted molar refractivity (Wildman–Crippen MR) is 94.1 cm³/mol. The summed E-state index contributed by atoms with van der Waals surface area (Å²) in [4.78, 5) is 1.74. The Hall–Kier alpha value is -0.970. The minimum Gasteiger partial charge on any atom is -0.224 e. The van der Waals surface area contributed by atoms with Gasteiger partial charge >= 0.3 is 0 Å². The second-order valence-corrected chi connectivity index (χ2v) is 9.07. The number of fused-ring (bicyclic) bond motifs is 1. The summed E-state index contributed by atoms with van der Waals surface area (Å²) in [6, 6.07) is 7.76. The topological polar surface area (TPSA) is 34.1 Å². The van der Waals surface area contributed by atoms with Crippen molar-refractivity contribution in [3.8, 4) is 0 Å². The molecule has 0 atom stereocenters. The first-order valence-corrected chi connectivity index (χ1v) is 10.4. The average molecular weight is 353 g/mol. The van der Waals surface area contributed by atoms with Crippen molar-refractivity contribution in [1.82, 2.24) is 0 Å². The molecule has 0 unspecified atom stereocenters. The lowest BCUT2D eigenvalue weighted by atomic mass is 9.96. The summed E-state index contributed by atoms with van der Waals surface area (Å²) in [6.07, 6.45) is 7.86. The average Bonchev–Trinajstić information content (AvgIpc) is 2.86. The molecule has 0 bridgehead atoms. The van der Waals surface area contributed by atoms with Gasteiger partial charge in [-0.3, -0.25) is 0 Å². The molecule has 0 saturated heterocycles. The minimum absolute atomic E-state index is 0.564. The molecule has 1 aromatic rings. The van der Waals surface area contributed by atoms with Crippen molar-refractivity contribution in [2.75, 3.05) is 12.0 Å². The molecule has 3 rings (SSSR count). The van der Waals surface area contributed by atoms with Crippen LogP contribution < -0.4 is 0 Å².